The van der Waals surface area contributed by atoms with E-state index < -0.39 is 5.60 Å². The first kappa shape index (κ1) is 12.1. The van der Waals surface area contributed by atoms with E-state index in [1.54, 1.807) is 6.08 Å². The second kappa shape index (κ2) is 4.64. The Morgan fingerprint density at radius 1 is 1.47 bits per heavy atom. The summed E-state index contributed by atoms with van der Waals surface area (Å²) in [6, 6.07) is 5.77. The van der Waals surface area contributed by atoms with Crippen LogP contribution in [0.4, 0.5) is 0 Å². The molecular weight excluding hydrogens is 244 g/mol. The van der Waals surface area contributed by atoms with Gasteiger partial charge in [0.05, 0.1) is 13.2 Å². The van der Waals surface area contributed by atoms with Crippen molar-refractivity contribution < 1.29 is 19.4 Å². The van der Waals surface area contributed by atoms with Crippen LogP contribution >= 0.6 is 0 Å². The van der Waals surface area contributed by atoms with E-state index in [-0.39, 0.29) is 13.2 Å². The number of aldehydes is 1. The molecule has 19 heavy (non-hydrogen) atoms. The maximum atomic E-state index is 10.8. The van der Waals surface area contributed by atoms with Crippen LogP contribution in [0.3, 0.4) is 0 Å². The van der Waals surface area contributed by atoms with Gasteiger partial charge in [-0.05, 0) is 12.1 Å². The largest absolute Gasteiger partial charge is 0.449 e. The standard InChI is InChI=1S/C15H14O4/c16-8-9-18-15(6-4-11(10-17)5-7-15)12-2-1-3-13-14(12)19-13/h1-6,10,16H,7-9H2. The summed E-state index contributed by atoms with van der Waals surface area (Å²) in [5, 5.41) is 8.99. The molecule has 2 aliphatic rings. The van der Waals surface area contributed by atoms with Gasteiger partial charge in [-0.2, -0.15) is 0 Å². The maximum Gasteiger partial charge on any atom is 0.176 e. The van der Waals surface area contributed by atoms with E-state index in [0.29, 0.717) is 12.0 Å². The van der Waals surface area contributed by atoms with Crippen LogP contribution in [-0.2, 0) is 15.1 Å². The number of aliphatic hydroxyl groups excluding tert-OH is 1. The fourth-order valence-electron chi connectivity index (χ4n) is 2.36. The molecule has 1 unspecified atom stereocenters. The average molecular weight is 258 g/mol. The molecule has 0 saturated carbocycles. The minimum atomic E-state index is -0.656. The molecule has 0 spiro atoms. The number of carbonyl (C=O) groups excluding carboxylic acids is 1. The van der Waals surface area contributed by atoms with E-state index in [0.717, 1.165) is 23.3 Å². The molecule has 3 rings (SSSR count). The summed E-state index contributed by atoms with van der Waals surface area (Å²) in [5.74, 6) is 1.70. The van der Waals surface area contributed by atoms with Gasteiger partial charge in [0.2, 0.25) is 0 Å². The maximum absolute atomic E-state index is 10.8. The van der Waals surface area contributed by atoms with Crippen LogP contribution < -0.4 is 4.74 Å². The summed E-state index contributed by atoms with van der Waals surface area (Å²) in [4.78, 5) is 10.8. The monoisotopic (exact) mass is 258 g/mol. The zero-order chi connectivity index (χ0) is 13.3. The fourth-order valence-corrected chi connectivity index (χ4v) is 2.36. The average Bonchev–Trinajstić information content (AvgIpc) is 3.25. The lowest BCUT2D eigenvalue weighted by Crippen LogP contribution is -2.29. The Hall–Kier alpha value is -1.91. The fraction of sp³-hybridized carbons (Fsp3) is 0.267. The zero-order valence-electron chi connectivity index (χ0n) is 10.3. The molecule has 0 amide bonds. The molecule has 4 heteroatoms. The third kappa shape index (κ3) is 2.09. The Labute approximate surface area is 111 Å². The number of fused-ring (bicyclic) bond motifs is 1. The number of benzene rings is 1. The quantitative estimate of drug-likeness (QED) is 0.659. The molecule has 1 N–H and O–H groups in total. The minimum Gasteiger partial charge on any atom is -0.449 e. The summed E-state index contributed by atoms with van der Waals surface area (Å²) >= 11 is 0. The number of allylic oxidation sites excluding steroid dienone is 2. The number of ether oxygens (including phenoxy) is 2. The number of hydrogen-bond acceptors (Lipinski definition) is 4. The van der Waals surface area contributed by atoms with Crippen molar-refractivity contribution >= 4 is 6.29 Å². The van der Waals surface area contributed by atoms with Crippen molar-refractivity contribution in [2.24, 2.45) is 0 Å². The van der Waals surface area contributed by atoms with Crippen LogP contribution in [0, 0.1) is 0 Å². The smallest absolute Gasteiger partial charge is 0.176 e. The van der Waals surface area contributed by atoms with Gasteiger partial charge >= 0.3 is 0 Å². The van der Waals surface area contributed by atoms with E-state index in [2.05, 4.69) is 0 Å². The van der Waals surface area contributed by atoms with Crippen molar-refractivity contribution in [2.75, 3.05) is 13.2 Å². The summed E-state index contributed by atoms with van der Waals surface area (Å²) < 4.78 is 11.2. The van der Waals surface area contributed by atoms with Gasteiger partial charge in [-0.15, -0.1) is 0 Å². The van der Waals surface area contributed by atoms with E-state index in [1.165, 1.54) is 0 Å². The molecule has 1 aliphatic carbocycles. The van der Waals surface area contributed by atoms with Crippen LogP contribution in [0.1, 0.15) is 12.0 Å². The molecule has 1 aromatic carbocycles. The van der Waals surface area contributed by atoms with Crippen molar-refractivity contribution in [1.29, 1.82) is 0 Å². The van der Waals surface area contributed by atoms with E-state index >= 15 is 0 Å². The highest BCUT2D eigenvalue weighted by Gasteiger charge is 2.39. The molecule has 0 bridgehead atoms. The summed E-state index contributed by atoms with van der Waals surface area (Å²) in [5.41, 5.74) is 0.925. The molecule has 0 saturated heterocycles. The lowest BCUT2D eigenvalue weighted by Gasteiger charge is -2.31. The van der Waals surface area contributed by atoms with Crippen molar-refractivity contribution in [3.8, 4) is 11.5 Å². The second-order valence-corrected chi connectivity index (χ2v) is 4.56. The normalized spacial score (nSPS) is 23.3. The van der Waals surface area contributed by atoms with Crippen LogP contribution in [0.25, 0.3) is 0 Å². The first-order valence-electron chi connectivity index (χ1n) is 6.20. The van der Waals surface area contributed by atoms with Gasteiger partial charge in [0.25, 0.3) is 0 Å². The van der Waals surface area contributed by atoms with Crippen LogP contribution in [0.2, 0.25) is 0 Å². The number of rotatable bonds is 5. The first-order valence-corrected chi connectivity index (χ1v) is 6.20. The van der Waals surface area contributed by atoms with Gasteiger partial charge in [-0.25, -0.2) is 0 Å². The lowest BCUT2D eigenvalue weighted by molar-refractivity contribution is -0.104. The predicted molar refractivity (Wildman–Crippen MR) is 69.1 cm³/mol. The van der Waals surface area contributed by atoms with Gasteiger partial charge in [0, 0.05) is 17.6 Å². The van der Waals surface area contributed by atoms with E-state index in [1.807, 2.05) is 30.4 Å². The van der Waals surface area contributed by atoms with Crippen molar-refractivity contribution in [3.63, 3.8) is 0 Å². The van der Waals surface area contributed by atoms with Gasteiger partial charge in [0.15, 0.2) is 11.5 Å². The molecule has 0 radical (unpaired) electrons. The van der Waals surface area contributed by atoms with Crippen LogP contribution in [0.15, 0.2) is 42.0 Å². The Morgan fingerprint density at radius 3 is 3.05 bits per heavy atom. The number of carbonyl (C=O) groups is 1. The summed E-state index contributed by atoms with van der Waals surface area (Å²) in [6.07, 6.45) is 6.82. The van der Waals surface area contributed by atoms with Gasteiger partial charge in [-0.3, -0.25) is 4.79 Å². The highest BCUT2D eigenvalue weighted by Crippen LogP contribution is 2.53. The van der Waals surface area contributed by atoms with Crippen molar-refractivity contribution in [1.82, 2.24) is 0 Å². The van der Waals surface area contributed by atoms with Crippen molar-refractivity contribution in [2.45, 2.75) is 12.0 Å². The van der Waals surface area contributed by atoms with Crippen LogP contribution in [0.5, 0.6) is 11.5 Å². The topological polar surface area (TPSA) is 59.1 Å². The van der Waals surface area contributed by atoms with Crippen LogP contribution in [-0.4, -0.2) is 24.6 Å². The molecule has 4 nitrogen and oxygen atoms in total. The molecular formula is C15H14O4. The zero-order valence-corrected chi connectivity index (χ0v) is 10.3. The third-order valence-electron chi connectivity index (χ3n) is 3.38. The molecule has 1 heterocycles. The number of aliphatic hydroxyl groups is 1. The first-order chi connectivity index (χ1) is 9.29. The van der Waals surface area contributed by atoms with Crippen molar-refractivity contribution in [3.05, 3.63) is 47.6 Å². The molecule has 0 aromatic heterocycles. The Kier molecular flexibility index (Phi) is 2.97. The predicted octanol–water partition coefficient (Wildman–Crippen LogP) is 2.08. The molecule has 1 aromatic rings. The Morgan fingerprint density at radius 2 is 2.37 bits per heavy atom. The Bertz CT molecular complexity index is 574. The molecule has 0 fully saturated rings. The van der Waals surface area contributed by atoms with Gasteiger partial charge in [-0.1, -0.05) is 24.3 Å². The second-order valence-electron chi connectivity index (χ2n) is 4.56. The highest BCUT2D eigenvalue weighted by atomic mass is 16.6. The third-order valence-corrected chi connectivity index (χ3v) is 3.38. The molecule has 1 atom stereocenters. The Balaban J connectivity index is 1.96. The van der Waals surface area contributed by atoms with E-state index in [9.17, 15) is 4.79 Å². The highest BCUT2D eigenvalue weighted by molar-refractivity contribution is 5.78. The summed E-state index contributed by atoms with van der Waals surface area (Å²) in [6.45, 7) is 0.188. The summed E-state index contributed by atoms with van der Waals surface area (Å²) in [7, 11) is 0. The SMILES string of the molecule is O=CC1=CCC(OCCO)(c2cccc3c2O3)C=C1. The lowest BCUT2D eigenvalue weighted by atomic mass is 9.85. The number of para-hydroxylation sites is 1. The minimum absolute atomic E-state index is 0.0459. The number of hydrogen-bond donors (Lipinski definition) is 1. The van der Waals surface area contributed by atoms with Gasteiger partial charge < -0.3 is 14.6 Å². The molecule has 1 aliphatic heterocycles. The van der Waals surface area contributed by atoms with E-state index in [4.69, 9.17) is 14.6 Å². The van der Waals surface area contributed by atoms with Gasteiger partial charge in [0.1, 0.15) is 11.9 Å². The molecule has 98 valence electrons.